The summed E-state index contributed by atoms with van der Waals surface area (Å²) in [6.45, 7) is 1.40. The maximum Gasteiger partial charge on any atom is 0.251 e. The Labute approximate surface area is 148 Å². The van der Waals surface area contributed by atoms with Crippen molar-refractivity contribution < 1.29 is 14.3 Å². The molecular formula is C20H26N2O3. The zero-order valence-corrected chi connectivity index (χ0v) is 14.6. The summed E-state index contributed by atoms with van der Waals surface area (Å²) in [7, 11) is 0. The molecule has 1 aliphatic heterocycles. The van der Waals surface area contributed by atoms with Gasteiger partial charge in [0.2, 0.25) is 5.91 Å². The highest BCUT2D eigenvalue weighted by Crippen LogP contribution is 2.21. The van der Waals surface area contributed by atoms with E-state index in [0.29, 0.717) is 25.2 Å². The van der Waals surface area contributed by atoms with E-state index in [1.54, 1.807) is 24.3 Å². The van der Waals surface area contributed by atoms with Crippen LogP contribution in [0.4, 0.5) is 5.69 Å². The minimum Gasteiger partial charge on any atom is -0.381 e. The number of nitrogens with one attached hydrogen (secondary N) is 2. The fourth-order valence-electron chi connectivity index (χ4n) is 3.29. The van der Waals surface area contributed by atoms with Gasteiger partial charge in [-0.1, -0.05) is 11.6 Å². The van der Waals surface area contributed by atoms with Crippen molar-refractivity contribution in [3.63, 3.8) is 0 Å². The third kappa shape index (κ3) is 5.43. The predicted octanol–water partition coefficient (Wildman–Crippen LogP) is 3.42. The van der Waals surface area contributed by atoms with Gasteiger partial charge in [0.05, 0.1) is 0 Å². The minimum absolute atomic E-state index is 0.00700. The molecule has 0 spiro atoms. The van der Waals surface area contributed by atoms with Crippen LogP contribution in [-0.2, 0) is 9.53 Å². The zero-order chi connectivity index (χ0) is 17.5. The fraction of sp³-hybridized carbons (Fsp3) is 0.500. The van der Waals surface area contributed by atoms with Crippen LogP contribution in [0.1, 0.15) is 55.3 Å². The molecule has 1 saturated heterocycles. The summed E-state index contributed by atoms with van der Waals surface area (Å²) in [5, 5.41) is 5.94. The van der Waals surface area contributed by atoms with Crippen molar-refractivity contribution in [1.82, 2.24) is 5.32 Å². The van der Waals surface area contributed by atoms with Crippen LogP contribution in [-0.4, -0.2) is 31.1 Å². The van der Waals surface area contributed by atoms with Crippen molar-refractivity contribution >= 4 is 17.5 Å². The van der Waals surface area contributed by atoms with Crippen LogP contribution in [0, 0.1) is 0 Å². The summed E-state index contributed by atoms with van der Waals surface area (Å²) in [6, 6.07) is 7.26. The summed E-state index contributed by atoms with van der Waals surface area (Å²) in [6.07, 6.45) is 8.88. The molecule has 5 nitrogen and oxygen atoms in total. The van der Waals surface area contributed by atoms with Crippen LogP contribution in [0.3, 0.4) is 0 Å². The number of amides is 2. The molecule has 5 heteroatoms. The van der Waals surface area contributed by atoms with Crippen LogP contribution >= 0.6 is 0 Å². The molecule has 1 aromatic carbocycles. The van der Waals surface area contributed by atoms with Crippen LogP contribution in [0.5, 0.6) is 0 Å². The van der Waals surface area contributed by atoms with Gasteiger partial charge < -0.3 is 15.4 Å². The Morgan fingerprint density at radius 3 is 2.52 bits per heavy atom. The Hall–Kier alpha value is -2.14. The summed E-state index contributed by atoms with van der Waals surface area (Å²) in [5.41, 5.74) is 2.57. The largest absolute Gasteiger partial charge is 0.381 e. The molecule has 0 atom stereocenters. The highest BCUT2D eigenvalue weighted by atomic mass is 16.5. The molecule has 1 fully saturated rings. The fourth-order valence-corrected chi connectivity index (χ4v) is 3.29. The lowest BCUT2D eigenvalue weighted by Crippen LogP contribution is -2.38. The molecule has 0 radical (unpaired) electrons. The third-order valence-corrected chi connectivity index (χ3v) is 4.76. The Morgan fingerprint density at radius 2 is 1.84 bits per heavy atom. The van der Waals surface area contributed by atoms with Gasteiger partial charge in [-0.2, -0.15) is 0 Å². The molecule has 0 unspecified atom stereocenters. The SMILES string of the molecule is O=C(CC1=CCCCC1)Nc1ccc(C(=O)NC2CCOCC2)cc1. The molecule has 2 aliphatic rings. The van der Waals surface area contributed by atoms with Gasteiger partial charge in [0.25, 0.3) is 5.91 Å². The smallest absolute Gasteiger partial charge is 0.251 e. The lowest BCUT2D eigenvalue weighted by molar-refractivity contribution is -0.115. The molecule has 134 valence electrons. The summed E-state index contributed by atoms with van der Waals surface area (Å²) < 4.78 is 5.30. The molecule has 25 heavy (non-hydrogen) atoms. The monoisotopic (exact) mass is 342 g/mol. The van der Waals surface area contributed by atoms with E-state index in [1.807, 2.05) is 0 Å². The van der Waals surface area contributed by atoms with Gasteiger partial charge in [-0.3, -0.25) is 9.59 Å². The number of carbonyl (C=O) groups is 2. The van der Waals surface area contributed by atoms with E-state index in [9.17, 15) is 9.59 Å². The van der Waals surface area contributed by atoms with Crippen molar-refractivity contribution in [3.8, 4) is 0 Å². The van der Waals surface area contributed by atoms with E-state index >= 15 is 0 Å². The molecule has 1 aromatic rings. The van der Waals surface area contributed by atoms with Crippen LogP contribution in [0.15, 0.2) is 35.9 Å². The highest BCUT2D eigenvalue weighted by molar-refractivity contribution is 5.96. The topological polar surface area (TPSA) is 67.4 Å². The average Bonchev–Trinajstić information content (AvgIpc) is 2.64. The first-order valence-electron chi connectivity index (χ1n) is 9.17. The Morgan fingerprint density at radius 1 is 1.08 bits per heavy atom. The molecule has 2 amide bonds. The van der Waals surface area contributed by atoms with Crippen molar-refractivity contribution in [3.05, 3.63) is 41.5 Å². The van der Waals surface area contributed by atoms with Gasteiger partial charge >= 0.3 is 0 Å². The second kappa shape index (κ2) is 8.81. The van der Waals surface area contributed by atoms with E-state index in [2.05, 4.69) is 16.7 Å². The van der Waals surface area contributed by atoms with Gasteiger partial charge in [0.1, 0.15) is 0 Å². The highest BCUT2D eigenvalue weighted by Gasteiger charge is 2.17. The van der Waals surface area contributed by atoms with Crippen molar-refractivity contribution in [2.24, 2.45) is 0 Å². The number of benzene rings is 1. The maximum absolute atomic E-state index is 12.3. The number of hydrogen-bond acceptors (Lipinski definition) is 3. The summed E-state index contributed by atoms with van der Waals surface area (Å²) in [5.74, 6) is -0.0651. The quantitative estimate of drug-likeness (QED) is 0.806. The molecule has 1 aliphatic carbocycles. The number of ether oxygens (including phenoxy) is 1. The summed E-state index contributed by atoms with van der Waals surface area (Å²) in [4.78, 5) is 24.4. The van der Waals surface area contributed by atoms with Gasteiger partial charge in [-0.15, -0.1) is 0 Å². The van der Waals surface area contributed by atoms with E-state index in [-0.39, 0.29) is 17.9 Å². The first kappa shape index (κ1) is 17.7. The third-order valence-electron chi connectivity index (χ3n) is 4.76. The van der Waals surface area contributed by atoms with E-state index in [4.69, 9.17) is 4.74 Å². The first-order valence-corrected chi connectivity index (χ1v) is 9.17. The van der Waals surface area contributed by atoms with E-state index in [0.717, 1.165) is 31.4 Å². The van der Waals surface area contributed by atoms with E-state index < -0.39 is 0 Å². The predicted molar refractivity (Wildman–Crippen MR) is 97.5 cm³/mol. The summed E-state index contributed by atoms with van der Waals surface area (Å²) >= 11 is 0. The number of allylic oxidation sites excluding steroid dienone is 1. The van der Waals surface area contributed by atoms with Gasteiger partial charge in [-0.05, 0) is 62.8 Å². The van der Waals surface area contributed by atoms with Crippen molar-refractivity contribution in [2.45, 2.75) is 51.0 Å². The molecule has 0 saturated carbocycles. The van der Waals surface area contributed by atoms with Gasteiger partial charge in [0.15, 0.2) is 0 Å². The number of hydrogen-bond donors (Lipinski definition) is 2. The second-order valence-corrected chi connectivity index (χ2v) is 6.77. The van der Waals surface area contributed by atoms with Gasteiger partial charge in [-0.25, -0.2) is 0 Å². The van der Waals surface area contributed by atoms with Crippen LogP contribution in [0.25, 0.3) is 0 Å². The molecule has 1 heterocycles. The second-order valence-electron chi connectivity index (χ2n) is 6.77. The maximum atomic E-state index is 12.3. The average molecular weight is 342 g/mol. The van der Waals surface area contributed by atoms with Crippen LogP contribution < -0.4 is 10.6 Å². The normalized spacial score (nSPS) is 18.3. The Kier molecular flexibility index (Phi) is 6.23. The first-order chi connectivity index (χ1) is 12.2. The molecule has 2 N–H and O–H groups in total. The zero-order valence-electron chi connectivity index (χ0n) is 14.6. The lowest BCUT2D eigenvalue weighted by atomic mass is 9.97. The van der Waals surface area contributed by atoms with Crippen molar-refractivity contribution in [1.29, 1.82) is 0 Å². The number of rotatable bonds is 5. The van der Waals surface area contributed by atoms with Crippen LogP contribution in [0.2, 0.25) is 0 Å². The Bertz CT molecular complexity index is 631. The molecular weight excluding hydrogens is 316 g/mol. The Balaban J connectivity index is 1.50. The van der Waals surface area contributed by atoms with Crippen molar-refractivity contribution in [2.75, 3.05) is 18.5 Å². The lowest BCUT2D eigenvalue weighted by Gasteiger charge is -2.23. The number of carbonyl (C=O) groups excluding carboxylic acids is 2. The number of anilines is 1. The van der Waals surface area contributed by atoms with E-state index in [1.165, 1.54) is 18.4 Å². The minimum atomic E-state index is -0.0721. The molecule has 0 bridgehead atoms. The van der Waals surface area contributed by atoms with Gasteiger partial charge in [0, 0.05) is 36.9 Å². The standard InChI is InChI=1S/C20H26N2O3/c23-19(14-15-4-2-1-3-5-15)21-17-8-6-16(7-9-17)20(24)22-18-10-12-25-13-11-18/h4,6-9,18H,1-3,5,10-14H2,(H,21,23)(H,22,24). The molecule has 0 aromatic heterocycles. The molecule has 3 rings (SSSR count).